The summed E-state index contributed by atoms with van der Waals surface area (Å²) < 4.78 is 5.36. The zero-order valence-corrected chi connectivity index (χ0v) is 12.6. The fourth-order valence-corrected chi connectivity index (χ4v) is 2.26. The Morgan fingerprint density at radius 1 is 1.18 bits per heavy atom. The van der Waals surface area contributed by atoms with Crippen molar-refractivity contribution in [3.05, 3.63) is 48.3 Å². The molecule has 2 aromatic rings. The van der Waals surface area contributed by atoms with E-state index in [4.69, 9.17) is 4.74 Å². The predicted octanol–water partition coefficient (Wildman–Crippen LogP) is 2.15. The average molecular weight is 297 g/mol. The number of ether oxygens (including phenoxy) is 1. The molecule has 0 saturated carbocycles. The van der Waals surface area contributed by atoms with Gasteiger partial charge in [-0.25, -0.2) is 9.97 Å². The minimum atomic E-state index is 0.687. The van der Waals surface area contributed by atoms with Crippen LogP contribution in [0.5, 0.6) is 0 Å². The summed E-state index contributed by atoms with van der Waals surface area (Å²) in [4.78, 5) is 10.7. The van der Waals surface area contributed by atoms with E-state index in [9.17, 15) is 0 Å². The summed E-state index contributed by atoms with van der Waals surface area (Å²) in [7, 11) is 0. The van der Waals surface area contributed by atoms with Gasteiger partial charge in [0.25, 0.3) is 0 Å². The van der Waals surface area contributed by atoms with Crippen molar-refractivity contribution in [3.8, 4) is 0 Å². The van der Waals surface area contributed by atoms with Gasteiger partial charge in [-0.05, 0) is 12.5 Å². The first kappa shape index (κ1) is 14.5. The van der Waals surface area contributed by atoms with Crippen molar-refractivity contribution in [2.45, 2.75) is 6.92 Å². The Kier molecular flexibility index (Phi) is 4.60. The first-order valence-electron chi connectivity index (χ1n) is 7.33. The molecule has 1 saturated heterocycles. The molecule has 0 bridgehead atoms. The maximum atomic E-state index is 5.36. The lowest BCUT2D eigenvalue weighted by Gasteiger charge is -2.27. The third-order valence-electron chi connectivity index (χ3n) is 3.52. The lowest BCUT2D eigenvalue weighted by atomic mass is 10.1. The second kappa shape index (κ2) is 7.00. The summed E-state index contributed by atoms with van der Waals surface area (Å²) in [5, 5.41) is 4.38. The van der Waals surface area contributed by atoms with Crippen molar-refractivity contribution >= 4 is 17.3 Å². The minimum Gasteiger partial charge on any atom is -0.378 e. The lowest BCUT2D eigenvalue weighted by molar-refractivity contribution is 0.122. The number of hydrazone groups is 1. The molecule has 1 aromatic heterocycles. The van der Waals surface area contributed by atoms with E-state index in [1.54, 1.807) is 6.33 Å². The van der Waals surface area contributed by atoms with Gasteiger partial charge in [-0.15, -0.1) is 0 Å². The Labute approximate surface area is 129 Å². The third kappa shape index (κ3) is 3.59. The number of nitrogens with one attached hydrogen (secondary N) is 1. The van der Waals surface area contributed by atoms with Gasteiger partial charge in [0.2, 0.25) is 0 Å². The van der Waals surface area contributed by atoms with Crippen molar-refractivity contribution in [2.24, 2.45) is 5.10 Å². The summed E-state index contributed by atoms with van der Waals surface area (Å²) in [6.45, 7) is 5.13. The molecular weight excluding hydrogens is 278 g/mol. The third-order valence-corrected chi connectivity index (χ3v) is 3.52. The number of rotatable bonds is 4. The molecule has 6 heteroatoms. The predicted molar refractivity (Wildman–Crippen MR) is 87.3 cm³/mol. The van der Waals surface area contributed by atoms with Crippen molar-refractivity contribution < 1.29 is 4.74 Å². The van der Waals surface area contributed by atoms with Crippen LogP contribution in [0, 0.1) is 0 Å². The van der Waals surface area contributed by atoms with E-state index in [1.165, 1.54) is 0 Å². The van der Waals surface area contributed by atoms with Crippen LogP contribution in [0.2, 0.25) is 0 Å². The summed E-state index contributed by atoms with van der Waals surface area (Å²) in [5.41, 5.74) is 4.99. The molecule has 0 aliphatic carbocycles. The fraction of sp³-hybridized carbons (Fsp3) is 0.312. The Bertz CT molecular complexity index is 638. The first-order chi connectivity index (χ1) is 10.8. The molecule has 1 N–H and O–H groups in total. The maximum Gasteiger partial charge on any atom is 0.151 e. The molecule has 3 rings (SSSR count). The van der Waals surface area contributed by atoms with Gasteiger partial charge in [0.05, 0.1) is 18.9 Å². The van der Waals surface area contributed by atoms with E-state index < -0.39 is 0 Å². The topological polar surface area (TPSA) is 62.6 Å². The molecule has 0 spiro atoms. The smallest absolute Gasteiger partial charge is 0.151 e. The van der Waals surface area contributed by atoms with Gasteiger partial charge < -0.3 is 9.64 Å². The van der Waals surface area contributed by atoms with Gasteiger partial charge in [0.15, 0.2) is 5.82 Å². The minimum absolute atomic E-state index is 0.687. The highest BCUT2D eigenvalue weighted by atomic mass is 16.5. The van der Waals surface area contributed by atoms with Crippen LogP contribution in [0.4, 0.5) is 11.6 Å². The highest BCUT2D eigenvalue weighted by Gasteiger charge is 2.12. The molecule has 1 aliphatic rings. The molecule has 2 heterocycles. The second-order valence-electron chi connectivity index (χ2n) is 5.04. The van der Waals surface area contributed by atoms with Gasteiger partial charge in [-0.3, -0.25) is 5.43 Å². The molecule has 22 heavy (non-hydrogen) atoms. The van der Waals surface area contributed by atoms with Crippen LogP contribution >= 0.6 is 0 Å². The molecule has 114 valence electrons. The van der Waals surface area contributed by atoms with E-state index in [0.29, 0.717) is 5.82 Å². The largest absolute Gasteiger partial charge is 0.378 e. The molecule has 0 amide bonds. The van der Waals surface area contributed by atoms with E-state index in [1.807, 2.05) is 43.3 Å². The van der Waals surface area contributed by atoms with Crippen LogP contribution in [-0.4, -0.2) is 42.0 Å². The van der Waals surface area contributed by atoms with E-state index in [-0.39, 0.29) is 0 Å². The number of benzene rings is 1. The molecule has 1 aliphatic heterocycles. The van der Waals surface area contributed by atoms with E-state index in [0.717, 1.165) is 43.4 Å². The van der Waals surface area contributed by atoms with Gasteiger partial charge in [0, 0.05) is 19.2 Å². The second-order valence-corrected chi connectivity index (χ2v) is 5.04. The Morgan fingerprint density at radius 2 is 1.95 bits per heavy atom. The zero-order valence-electron chi connectivity index (χ0n) is 12.6. The van der Waals surface area contributed by atoms with Crippen LogP contribution in [-0.2, 0) is 4.74 Å². The summed E-state index contributed by atoms with van der Waals surface area (Å²) in [6, 6.07) is 11.9. The van der Waals surface area contributed by atoms with Crippen molar-refractivity contribution in [2.75, 3.05) is 36.6 Å². The van der Waals surface area contributed by atoms with Gasteiger partial charge in [-0.2, -0.15) is 5.10 Å². The summed E-state index contributed by atoms with van der Waals surface area (Å²) in [6.07, 6.45) is 1.56. The molecule has 0 radical (unpaired) electrons. The summed E-state index contributed by atoms with van der Waals surface area (Å²) >= 11 is 0. The van der Waals surface area contributed by atoms with E-state index in [2.05, 4.69) is 25.4 Å². The molecule has 6 nitrogen and oxygen atoms in total. The average Bonchev–Trinajstić information content (AvgIpc) is 2.61. The molecule has 0 unspecified atom stereocenters. The van der Waals surface area contributed by atoms with Crippen molar-refractivity contribution in [3.63, 3.8) is 0 Å². The quantitative estimate of drug-likeness (QED) is 0.692. The van der Waals surface area contributed by atoms with Gasteiger partial charge >= 0.3 is 0 Å². The normalized spacial score (nSPS) is 15.7. The van der Waals surface area contributed by atoms with Crippen LogP contribution < -0.4 is 10.3 Å². The number of hydrogen-bond acceptors (Lipinski definition) is 6. The number of hydrogen-bond donors (Lipinski definition) is 1. The van der Waals surface area contributed by atoms with Crippen molar-refractivity contribution in [1.29, 1.82) is 0 Å². The number of nitrogens with zero attached hydrogens (tertiary/aromatic N) is 4. The molecular formula is C16H19N5O. The SMILES string of the molecule is C/C(=N\Nc1cc(N2CCOCC2)ncn1)c1ccccc1. The van der Waals surface area contributed by atoms with Crippen LogP contribution in [0.15, 0.2) is 47.8 Å². The summed E-state index contributed by atoms with van der Waals surface area (Å²) in [5.74, 6) is 1.58. The van der Waals surface area contributed by atoms with Crippen LogP contribution in [0.1, 0.15) is 12.5 Å². The Hall–Kier alpha value is -2.47. The van der Waals surface area contributed by atoms with Crippen LogP contribution in [0.3, 0.4) is 0 Å². The molecule has 1 fully saturated rings. The highest BCUT2D eigenvalue weighted by Crippen LogP contribution is 2.15. The molecule has 0 atom stereocenters. The number of aromatic nitrogens is 2. The number of morpholine rings is 1. The highest BCUT2D eigenvalue weighted by molar-refractivity contribution is 5.98. The first-order valence-corrected chi connectivity index (χ1v) is 7.33. The maximum absolute atomic E-state index is 5.36. The Morgan fingerprint density at radius 3 is 2.73 bits per heavy atom. The Balaban J connectivity index is 1.70. The monoisotopic (exact) mass is 297 g/mol. The standard InChI is InChI=1S/C16H19N5O/c1-13(14-5-3-2-4-6-14)19-20-15-11-16(18-12-17-15)21-7-9-22-10-8-21/h2-6,11-12H,7-10H2,1H3,(H,17,18,20)/b19-13+. The fourth-order valence-electron chi connectivity index (χ4n) is 2.26. The zero-order chi connectivity index (χ0) is 15.2. The van der Waals surface area contributed by atoms with Gasteiger partial charge in [0.1, 0.15) is 12.1 Å². The molecule has 1 aromatic carbocycles. The van der Waals surface area contributed by atoms with Gasteiger partial charge in [-0.1, -0.05) is 30.3 Å². The number of anilines is 2. The van der Waals surface area contributed by atoms with Crippen LogP contribution in [0.25, 0.3) is 0 Å². The van der Waals surface area contributed by atoms with Crippen molar-refractivity contribution in [1.82, 2.24) is 9.97 Å². The lowest BCUT2D eigenvalue weighted by Crippen LogP contribution is -2.36. The van der Waals surface area contributed by atoms with E-state index >= 15 is 0 Å².